The number of hydroxylamine groups is 2. The SMILES string of the molecule is C1CNC(N2CNCNC2ON2CNCNC2)CN1. The molecule has 9 nitrogen and oxygen atoms in total. The lowest BCUT2D eigenvalue weighted by Gasteiger charge is -2.44. The molecule has 110 valence electrons. The second-order valence-electron chi connectivity index (χ2n) is 4.91. The predicted molar refractivity (Wildman–Crippen MR) is 70.1 cm³/mol. The Morgan fingerprint density at radius 3 is 2.47 bits per heavy atom. The van der Waals surface area contributed by atoms with Crippen LogP contribution in [0.1, 0.15) is 0 Å². The van der Waals surface area contributed by atoms with Gasteiger partial charge in [-0.2, -0.15) is 5.06 Å². The summed E-state index contributed by atoms with van der Waals surface area (Å²) in [7, 11) is 0. The fourth-order valence-corrected chi connectivity index (χ4v) is 2.51. The Labute approximate surface area is 113 Å². The van der Waals surface area contributed by atoms with E-state index in [0.717, 1.165) is 53.0 Å². The Hall–Kier alpha value is -0.360. The predicted octanol–water partition coefficient (Wildman–Crippen LogP) is -3.50. The highest BCUT2D eigenvalue weighted by atomic mass is 16.7. The topological polar surface area (TPSA) is 87.9 Å². The van der Waals surface area contributed by atoms with Crippen LogP contribution in [0, 0.1) is 0 Å². The fourth-order valence-electron chi connectivity index (χ4n) is 2.51. The van der Waals surface area contributed by atoms with Gasteiger partial charge in [0, 0.05) is 33.0 Å². The third-order valence-corrected chi connectivity index (χ3v) is 3.49. The summed E-state index contributed by atoms with van der Waals surface area (Å²) in [6, 6.07) is 0. The van der Waals surface area contributed by atoms with Crippen LogP contribution < -0.4 is 31.9 Å². The summed E-state index contributed by atoms with van der Waals surface area (Å²) in [6.45, 7) is 6.82. The van der Waals surface area contributed by atoms with Crippen molar-refractivity contribution in [3.8, 4) is 0 Å². The second kappa shape index (κ2) is 6.88. The summed E-state index contributed by atoms with van der Waals surface area (Å²) in [4.78, 5) is 8.27. The van der Waals surface area contributed by atoms with Gasteiger partial charge >= 0.3 is 0 Å². The number of rotatable bonds is 3. The molecule has 9 heteroatoms. The molecular formula is C10H24N8O. The van der Waals surface area contributed by atoms with Gasteiger partial charge in [0.1, 0.15) is 0 Å². The first kappa shape index (κ1) is 13.6. The van der Waals surface area contributed by atoms with E-state index < -0.39 is 0 Å². The highest BCUT2D eigenvalue weighted by molar-refractivity contribution is 4.79. The molecule has 3 fully saturated rings. The van der Waals surface area contributed by atoms with E-state index in [1.54, 1.807) is 0 Å². The molecule has 0 aromatic rings. The molecule has 0 aromatic carbocycles. The first-order valence-corrected chi connectivity index (χ1v) is 6.90. The summed E-state index contributed by atoms with van der Waals surface area (Å²) in [5.74, 6) is 0. The van der Waals surface area contributed by atoms with Crippen molar-refractivity contribution < 1.29 is 4.84 Å². The average molecular weight is 272 g/mol. The Balaban J connectivity index is 1.56. The zero-order chi connectivity index (χ0) is 12.9. The number of nitrogens with one attached hydrogen (secondary N) is 6. The van der Waals surface area contributed by atoms with E-state index >= 15 is 0 Å². The zero-order valence-corrected chi connectivity index (χ0v) is 11.1. The molecule has 3 heterocycles. The normalized spacial score (nSPS) is 35.4. The third-order valence-electron chi connectivity index (χ3n) is 3.49. The van der Waals surface area contributed by atoms with Crippen LogP contribution in [0.25, 0.3) is 0 Å². The minimum absolute atomic E-state index is 0.111. The first-order valence-electron chi connectivity index (χ1n) is 6.90. The van der Waals surface area contributed by atoms with E-state index in [-0.39, 0.29) is 12.5 Å². The van der Waals surface area contributed by atoms with Crippen LogP contribution in [0.2, 0.25) is 0 Å². The molecule has 3 aliphatic heterocycles. The van der Waals surface area contributed by atoms with E-state index in [2.05, 4.69) is 36.8 Å². The van der Waals surface area contributed by atoms with Crippen molar-refractivity contribution in [3.05, 3.63) is 0 Å². The average Bonchev–Trinajstić information content (AvgIpc) is 2.50. The molecule has 2 atom stereocenters. The summed E-state index contributed by atoms with van der Waals surface area (Å²) in [5, 5.41) is 21.9. The standard InChI is InChI=1S/C10H24N8O/c1-2-15-9(3-11-1)18-8-14-5-16-10(18)19-17-6-12-4-13-7-17/h9-16H,1-8H2. The molecule has 0 aromatic heterocycles. The Morgan fingerprint density at radius 1 is 0.842 bits per heavy atom. The van der Waals surface area contributed by atoms with Gasteiger partial charge in [-0.25, -0.2) is 4.90 Å². The lowest BCUT2D eigenvalue weighted by atomic mass is 10.3. The van der Waals surface area contributed by atoms with Crippen molar-refractivity contribution in [2.24, 2.45) is 0 Å². The maximum absolute atomic E-state index is 6.01. The van der Waals surface area contributed by atoms with E-state index in [4.69, 9.17) is 4.84 Å². The van der Waals surface area contributed by atoms with Gasteiger partial charge in [-0.15, -0.1) is 0 Å². The van der Waals surface area contributed by atoms with Crippen LogP contribution in [0.15, 0.2) is 0 Å². The third kappa shape index (κ3) is 3.60. The summed E-state index contributed by atoms with van der Waals surface area (Å²) in [5.41, 5.74) is 0. The molecule has 0 bridgehead atoms. The largest absolute Gasteiger partial charge is 0.313 e. The minimum Gasteiger partial charge on any atom is -0.313 e. The summed E-state index contributed by atoms with van der Waals surface area (Å²) < 4.78 is 0. The first-order chi connectivity index (χ1) is 9.43. The Bertz CT molecular complexity index is 268. The maximum atomic E-state index is 6.01. The highest BCUT2D eigenvalue weighted by Crippen LogP contribution is 2.08. The molecule has 3 aliphatic rings. The number of nitrogens with zero attached hydrogens (tertiary/aromatic N) is 2. The monoisotopic (exact) mass is 272 g/mol. The molecule has 0 saturated carbocycles. The lowest BCUT2D eigenvalue weighted by molar-refractivity contribution is -0.276. The van der Waals surface area contributed by atoms with Crippen LogP contribution in [0.4, 0.5) is 0 Å². The lowest BCUT2D eigenvalue weighted by Crippen LogP contribution is -2.69. The van der Waals surface area contributed by atoms with Crippen molar-refractivity contribution in [2.75, 3.05) is 53.0 Å². The van der Waals surface area contributed by atoms with Crippen LogP contribution in [-0.4, -0.2) is 75.5 Å². The Kier molecular flexibility index (Phi) is 4.93. The Morgan fingerprint density at radius 2 is 1.68 bits per heavy atom. The van der Waals surface area contributed by atoms with Gasteiger partial charge in [-0.05, 0) is 0 Å². The maximum Gasteiger partial charge on any atom is 0.189 e. The van der Waals surface area contributed by atoms with Gasteiger partial charge in [0.15, 0.2) is 6.35 Å². The van der Waals surface area contributed by atoms with Gasteiger partial charge < -0.3 is 5.32 Å². The van der Waals surface area contributed by atoms with Crippen molar-refractivity contribution in [3.63, 3.8) is 0 Å². The molecule has 0 aliphatic carbocycles. The molecule has 19 heavy (non-hydrogen) atoms. The smallest absolute Gasteiger partial charge is 0.189 e. The van der Waals surface area contributed by atoms with Crippen LogP contribution >= 0.6 is 0 Å². The molecule has 0 radical (unpaired) electrons. The van der Waals surface area contributed by atoms with Gasteiger partial charge in [0.2, 0.25) is 0 Å². The molecule has 0 spiro atoms. The van der Waals surface area contributed by atoms with Gasteiger partial charge in [0.05, 0.1) is 26.2 Å². The van der Waals surface area contributed by atoms with E-state index in [1.165, 1.54) is 0 Å². The second-order valence-corrected chi connectivity index (χ2v) is 4.91. The fraction of sp³-hybridized carbons (Fsp3) is 1.00. The van der Waals surface area contributed by atoms with E-state index in [1.807, 2.05) is 5.06 Å². The molecule has 3 saturated heterocycles. The molecule has 3 rings (SSSR count). The van der Waals surface area contributed by atoms with E-state index in [0.29, 0.717) is 0 Å². The van der Waals surface area contributed by atoms with Crippen LogP contribution in [-0.2, 0) is 4.84 Å². The van der Waals surface area contributed by atoms with Crippen LogP contribution in [0.5, 0.6) is 0 Å². The number of hydrogen-bond donors (Lipinski definition) is 6. The van der Waals surface area contributed by atoms with Gasteiger partial charge in [-0.1, -0.05) is 0 Å². The number of hydrogen-bond acceptors (Lipinski definition) is 9. The van der Waals surface area contributed by atoms with Crippen molar-refractivity contribution in [2.45, 2.75) is 12.5 Å². The van der Waals surface area contributed by atoms with Gasteiger partial charge in [-0.3, -0.25) is 31.4 Å². The van der Waals surface area contributed by atoms with Crippen LogP contribution in [0.3, 0.4) is 0 Å². The van der Waals surface area contributed by atoms with E-state index in [9.17, 15) is 0 Å². The van der Waals surface area contributed by atoms with Gasteiger partial charge in [0.25, 0.3) is 0 Å². The van der Waals surface area contributed by atoms with Crippen molar-refractivity contribution in [1.82, 2.24) is 41.9 Å². The zero-order valence-electron chi connectivity index (χ0n) is 11.1. The molecule has 2 unspecified atom stereocenters. The van der Waals surface area contributed by atoms with Crippen molar-refractivity contribution in [1.29, 1.82) is 0 Å². The molecule has 6 N–H and O–H groups in total. The van der Waals surface area contributed by atoms with Crippen molar-refractivity contribution >= 4 is 0 Å². The minimum atomic E-state index is -0.111. The quantitative estimate of drug-likeness (QED) is 0.313. The number of piperazine rings is 1. The molecule has 0 amide bonds. The highest BCUT2D eigenvalue weighted by Gasteiger charge is 2.31. The summed E-state index contributed by atoms with van der Waals surface area (Å²) in [6.07, 6.45) is 0.171. The summed E-state index contributed by atoms with van der Waals surface area (Å²) >= 11 is 0. The molecular weight excluding hydrogens is 248 g/mol.